The quantitative estimate of drug-likeness (QED) is 0.307. The van der Waals surface area contributed by atoms with Crippen molar-refractivity contribution in [3.63, 3.8) is 0 Å². The number of hydrogen-bond donors (Lipinski definition) is 1. The third-order valence-electron chi connectivity index (χ3n) is 7.22. The van der Waals surface area contributed by atoms with Gasteiger partial charge in [-0.15, -0.1) is 0 Å². The number of ether oxygens (including phenoxy) is 2. The van der Waals surface area contributed by atoms with Crippen LogP contribution in [0.15, 0.2) is 61.3 Å². The molecule has 2 amide bonds. The van der Waals surface area contributed by atoms with E-state index in [4.69, 9.17) is 9.47 Å². The highest BCUT2D eigenvalue weighted by Crippen LogP contribution is 2.25. The Morgan fingerprint density at radius 3 is 2.66 bits per heavy atom. The van der Waals surface area contributed by atoms with E-state index in [1.165, 1.54) is 4.80 Å². The van der Waals surface area contributed by atoms with Gasteiger partial charge in [-0.1, -0.05) is 6.07 Å². The molecule has 1 aromatic carbocycles. The lowest BCUT2D eigenvalue weighted by molar-refractivity contribution is -0.0483. The molecule has 1 fully saturated rings. The average molecular weight is 598 g/mol. The van der Waals surface area contributed by atoms with Crippen molar-refractivity contribution in [2.24, 2.45) is 0 Å². The second-order valence-corrected chi connectivity index (χ2v) is 11.9. The Balaban J connectivity index is 1.17. The number of fused-ring (bicyclic) bond motifs is 1. The molecule has 44 heavy (non-hydrogen) atoms. The highest BCUT2D eigenvalue weighted by Gasteiger charge is 2.28. The van der Waals surface area contributed by atoms with Crippen molar-refractivity contribution in [3.8, 4) is 16.8 Å². The first kappa shape index (κ1) is 29.1. The first-order chi connectivity index (χ1) is 21.0. The zero-order valence-electron chi connectivity index (χ0n) is 25.4. The summed E-state index contributed by atoms with van der Waals surface area (Å²) >= 11 is 0. The molecule has 0 radical (unpaired) electrons. The van der Waals surface area contributed by atoms with E-state index >= 15 is 0 Å². The second kappa shape index (κ2) is 11.6. The van der Waals surface area contributed by atoms with Crippen LogP contribution in [-0.2, 0) is 16.0 Å². The molecule has 0 aliphatic carbocycles. The molecule has 1 N–H and O–H groups in total. The number of amides is 2. The van der Waals surface area contributed by atoms with Crippen molar-refractivity contribution in [3.05, 3.63) is 78.1 Å². The van der Waals surface area contributed by atoms with Crippen LogP contribution in [0.1, 0.15) is 42.4 Å². The normalized spacial score (nSPS) is 15.5. The number of benzene rings is 1. The van der Waals surface area contributed by atoms with Gasteiger partial charge in [0.2, 0.25) is 0 Å². The standard InChI is InChI=1S/C31H35N9O4/c1-20-6-7-24(40-34-14-21(2)36-40)13-27(20)35-29(41)26-16-33-39-9-8-22(12-28(26)39)23-15-32-38(17-23)19-25-18-37(10-11-43-25)30(42)44-31(3,4)5/h6-9,12-17,25H,10-11,18-19H2,1-5H3,(H,35,41)/t25-/m1/s1. The van der Waals surface area contributed by atoms with Gasteiger partial charge in [-0.25, -0.2) is 9.31 Å². The van der Waals surface area contributed by atoms with Gasteiger partial charge in [0.05, 0.1) is 66.9 Å². The van der Waals surface area contributed by atoms with Gasteiger partial charge in [0.1, 0.15) is 5.60 Å². The monoisotopic (exact) mass is 597 g/mol. The molecule has 1 saturated heterocycles. The zero-order chi connectivity index (χ0) is 31.0. The van der Waals surface area contributed by atoms with Gasteiger partial charge < -0.3 is 19.7 Å². The van der Waals surface area contributed by atoms with Crippen LogP contribution >= 0.6 is 0 Å². The molecule has 1 atom stereocenters. The predicted molar refractivity (Wildman–Crippen MR) is 163 cm³/mol. The number of pyridine rings is 1. The van der Waals surface area contributed by atoms with Crippen LogP contribution < -0.4 is 5.32 Å². The molecule has 0 bridgehead atoms. The highest BCUT2D eigenvalue weighted by atomic mass is 16.6. The Kier molecular flexibility index (Phi) is 7.64. The van der Waals surface area contributed by atoms with Gasteiger partial charge in [0.25, 0.3) is 5.91 Å². The molecule has 0 saturated carbocycles. The highest BCUT2D eigenvalue weighted by molar-refractivity contribution is 6.09. The topological polar surface area (TPSA) is 134 Å². The summed E-state index contributed by atoms with van der Waals surface area (Å²) in [6, 6.07) is 9.52. The number of aromatic nitrogens is 7. The summed E-state index contributed by atoms with van der Waals surface area (Å²) in [5.41, 5.74) is 5.43. The third kappa shape index (κ3) is 6.32. The predicted octanol–water partition coefficient (Wildman–Crippen LogP) is 4.28. The minimum atomic E-state index is -0.555. The van der Waals surface area contributed by atoms with Crippen molar-refractivity contribution in [1.29, 1.82) is 0 Å². The Labute approximate surface area is 254 Å². The average Bonchev–Trinajstić information content (AvgIpc) is 3.73. The molecule has 5 heterocycles. The number of hydrogen-bond acceptors (Lipinski definition) is 8. The Bertz CT molecular complexity index is 1830. The van der Waals surface area contributed by atoms with Crippen LogP contribution in [0.25, 0.3) is 22.3 Å². The van der Waals surface area contributed by atoms with E-state index in [1.807, 2.05) is 77.3 Å². The minimum absolute atomic E-state index is 0.216. The fraction of sp³-hybridized carbons (Fsp3) is 0.355. The maximum atomic E-state index is 13.4. The van der Waals surface area contributed by atoms with E-state index in [2.05, 4.69) is 25.7 Å². The van der Waals surface area contributed by atoms with Gasteiger partial charge >= 0.3 is 6.09 Å². The van der Waals surface area contributed by atoms with E-state index in [0.29, 0.717) is 43.0 Å². The molecular weight excluding hydrogens is 562 g/mol. The fourth-order valence-electron chi connectivity index (χ4n) is 5.00. The summed E-state index contributed by atoms with van der Waals surface area (Å²) in [6.07, 6.45) is 8.21. The van der Waals surface area contributed by atoms with Gasteiger partial charge in [-0.2, -0.15) is 25.2 Å². The summed E-state index contributed by atoms with van der Waals surface area (Å²) in [7, 11) is 0. The van der Waals surface area contributed by atoms with Crippen LogP contribution in [0.3, 0.4) is 0 Å². The molecule has 0 unspecified atom stereocenters. The summed E-state index contributed by atoms with van der Waals surface area (Å²) in [4.78, 5) is 29.2. The lowest BCUT2D eigenvalue weighted by atomic mass is 10.1. The number of morpholine rings is 1. The Morgan fingerprint density at radius 1 is 1.05 bits per heavy atom. The molecule has 1 aliphatic heterocycles. The first-order valence-electron chi connectivity index (χ1n) is 14.4. The Hall–Kier alpha value is -5.04. The van der Waals surface area contributed by atoms with E-state index in [0.717, 1.165) is 28.1 Å². The molecule has 228 valence electrons. The van der Waals surface area contributed by atoms with Crippen molar-refractivity contribution in [2.45, 2.75) is 52.9 Å². The van der Waals surface area contributed by atoms with Crippen LogP contribution in [-0.4, -0.2) is 82.7 Å². The van der Waals surface area contributed by atoms with Crippen molar-refractivity contribution in [2.75, 3.05) is 25.0 Å². The molecular formula is C31H35N9O4. The number of nitrogens with zero attached hydrogens (tertiary/aromatic N) is 8. The summed E-state index contributed by atoms with van der Waals surface area (Å²) in [5, 5.41) is 20.6. The molecule has 5 aromatic rings. The van der Waals surface area contributed by atoms with Crippen molar-refractivity contribution < 1.29 is 19.1 Å². The molecule has 1 aliphatic rings. The van der Waals surface area contributed by atoms with Crippen LogP contribution in [0.5, 0.6) is 0 Å². The lowest BCUT2D eigenvalue weighted by Gasteiger charge is -2.34. The van der Waals surface area contributed by atoms with Crippen LogP contribution in [0.4, 0.5) is 10.5 Å². The summed E-state index contributed by atoms with van der Waals surface area (Å²) in [6.45, 7) is 11.2. The van der Waals surface area contributed by atoms with Gasteiger partial charge in [-0.05, 0) is 70.0 Å². The minimum Gasteiger partial charge on any atom is -0.444 e. The molecule has 13 heteroatoms. The van der Waals surface area contributed by atoms with E-state index in [-0.39, 0.29) is 18.1 Å². The van der Waals surface area contributed by atoms with E-state index in [9.17, 15) is 9.59 Å². The molecule has 0 spiro atoms. The fourth-order valence-corrected chi connectivity index (χ4v) is 5.00. The van der Waals surface area contributed by atoms with Gasteiger partial charge in [-0.3, -0.25) is 9.48 Å². The molecule has 4 aromatic heterocycles. The molecule has 13 nitrogen and oxygen atoms in total. The number of aryl methyl sites for hydroxylation is 2. The van der Waals surface area contributed by atoms with E-state index < -0.39 is 5.60 Å². The lowest BCUT2D eigenvalue weighted by Crippen LogP contribution is -2.48. The Morgan fingerprint density at radius 2 is 1.89 bits per heavy atom. The smallest absolute Gasteiger partial charge is 0.410 e. The second-order valence-electron chi connectivity index (χ2n) is 11.9. The third-order valence-corrected chi connectivity index (χ3v) is 7.22. The van der Waals surface area contributed by atoms with E-state index in [1.54, 1.807) is 32.7 Å². The largest absolute Gasteiger partial charge is 0.444 e. The van der Waals surface area contributed by atoms with Crippen LogP contribution in [0.2, 0.25) is 0 Å². The summed E-state index contributed by atoms with van der Waals surface area (Å²) < 4.78 is 14.9. The number of rotatable bonds is 6. The SMILES string of the molecule is Cc1cnn(-c2ccc(C)c(NC(=O)c3cnn4ccc(-c5cnn(C[C@H]6CN(C(=O)OC(C)(C)C)CCO6)c5)cc34)c2)n1. The number of carbonyl (C=O) groups excluding carboxylic acids is 2. The maximum absolute atomic E-state index is 13.4. The van der Waals surface area contributed by atoms with Crippen molar-refractivity contribution in [1.82, 2.24) is 39.3 Å². The zero-order valence-corrected chi connectivity index (χ0v) is 25.4. The number of anilines is 1. The van der Waals surface area contributed by atoms with Gasteiger partial charge in [0.15, 0.2) is 0 Å². The molecule has 6 rings (SSSR count). The maximum Gasteiger partial charge on any atom is 0.410 e. The summed E-state index contributed by atoms with van der Waals surface area (Å²) in [5.74, 6) is -0.276. The first-order valence-corrected chi connectivity index (χ1v) is 14.4. The van der Waals surface area contributed by atoms with Gasteiger partial charge in [0, 0.05) is 30.2 Å². The number of nitrogens with one attached hydrogen (secondary N) is 1. The number of carbonyl (C=O) groups is 2. The van der Waals surface area contributed by atoms with Crippen molar-refractivity contribution >= 4 is 23.2 Å². The van der Waals surface area contributed by atoms with Crippen LogP contribution in [0, 0.1) is 13.8 Å².